The molecule has 0 fully saturated rings. The zero-order chi connectivity index (χ0) is 9.61. The van der Waals surface area contributed by atoms with Gasteiger partial charge in [-0.25, -0.2) is 0 Å². The summed E-state index contributed by atoms with van der Waals surface area (Å²) in [6, 6.07) is 0. The van der Waals surface area contributed by atoms with Gasteiger partial charge in [0, 0.05) is 5.75 Å². The number of hydrogen-bond acceptors (Lipinski definition) is 4. The molecular formula is C5H12N2O3S2. The first-order valence-corrected chi connectivity index (χ1v) is 5.93. The zero-order valence-corrected chi connectivity index (χ0v) is 8.12. The van der Waals surface area contributed by atoms with Crippen molar-refractivity contribution in [3.05, 3.63) is 0 Å². The van der Waals surface area contributed by atoms with Crippen molar-refractivity contribution < 1.29 is 13.0 Å². The lowest BCUT2D eigenvalue weighted by Crippen LogP contribution is -2.06. The highest BCUT2D eigenvalue weighted by atomic mass is 32.2. The molecule has 0 saturated carbocycles. The lowest BCUT2D eigenvalue weighted by Gasteiger charge is -1.97. The molecule has 0 aliphatic carbocycles. The first-order valence-electron chi connectivity index (χ1n) is 3.34. The van der Waals surface area contributed by atoms with Gasteiger partial charge >= 0.3 is 0 Å². The molecule has 4 N–H and O–H groups in total. The van der Waals surface area contributed by atoms with Crippen LogP contribution >= 0.6 is 11.8 Å². The van der Waals surface area contributed by atoms with Crippen LogP contribution in [0.3, 0.4) is 0 Å². The van der Waals surface area contributed by atoms with E-state index in [0.29, 0.717) is 18.6 Å². The highest BCUT2D eigenvalue weighted by molar-refractivity contribution is 8.13. The zero-order valence-electron chi connectivity index (χ0n) is 6.49. The van der Waals surface area contributed by atoms with Crippen molar-refractivity contribution in [3.8, 4) is 0 Å². The molecule has 0 aliphatic rings. The Morgan fingerprint density at radius 2 is 2.08 bits per heavy atom. The van der Waals surface area contributed by atoms with Crippen molar-refractivity contribution >= 4 is 27.0 Å². The molecule has 0 heterocycles. The number of nitrogens with one attached hydrogen (secondary N) is 1. The minimum atomic E-state index is -3.82. The summed E-state index contributed by atoms with van der Waals surface area (Å²) in [4.78, 5) is 0. The fourth-order valence-electron chi connectivity index (χ4n) is 0.569. The van der Waals surface area contributed by atoms with Gasteiger partial charge in [-0.3, -0.25) is 9.96 Å². The molecule has 0 amide bonds. The first-order chi connectivity index (χ1) is 5.42. The Kier molecular flexibility index (Phi) is 5.27. The average molecular weight is 212 g/mol. The summed E-state index contributed by atoms with van der Waals surface area (Å²) < 4.78 is 28.7. The Balaban J connectivity index is 3.29. The van der Waals surface area contributed by atoms with Crippen molar-refractivity contribution in [2.75, 3.05) is 11.5 Å². The van der Waals surface area contributed by atoms with Crippen molar-refractivity contribution in [2.24, 2.45) is 5.73 Å². The van der Waals surface area contributed by atoms with Crippen LogP contribution in [0.1, 0.15) is 12.8 Å². The Bertz CT molecular complexity index is 237. The average Bonchev–Trinajstić information content (AvgIpc) is 1.83. The van der Waals surface area contributed by atoms with Gasteiger partial charge in [-0.1, -0.05) is 11.8 Å². The Morgan fingerprint density at radius 3 is 2.50 bits per heavy atom. The fourth-order valence-corrected chi connectivity index (χ4v) is 1.71. The van der Waals surface area contributed by atoms with Crippen LogP contribution < -0.4 is 5.73 Å². The molecule has 0 rings (SSSR count). The van der Waals surface area contributed by atoms with E-state index >= 15 is 0 Å². The number of rotatable bonds is 5. The van der Waals surface area contributed by atoms with E-state index in [1.807, 2.05) is 0 Å². The standard InChI is InChI=1S/C5H12N2O3S2/c6-5(7)11-3-1-2-4-12(8,9)10/h1-4H2,(H3,6,7)(H,8,9,10). The van der Waals surface area contributed by atoms with E-state index in [-0.39, 0.29) is 10.9 Å². The second-order valence-electron chi connectivity index (χ2n) is 2.21. The van der Waals surface area contributed by atoms with Gasteiger partial charge < -0.3 is 5.73 Å². The topological polar surface area (TPSA) is 104 Å². The molecule has 0 radical (unpaired) electrons. The molecule has 0 aliphatic heterocycles. The molecule has 7 heteroatoms. The molecular weight excluding hydrogens is 200 g/mol. The Morgan fingerprint density at radius 1 is 1.50 bits per heavy atom. The van der Waals surface area contributed by atoms with E-state index in [1.165, 1.54) is 11.8 Å². The molecule has 0 unspecified atom stereocenters. The third-order valence-corrected chi connectivity index (χ3v) is 2.66. The molecule has 72 valence electrons. The van der Waals surface area contributed by atoms with Gasteiger partial charge in [-0.15, -0.1) is 0 Å². The van der Waals surface area contributed by atoms with Crippen LogP contribution in [0.2, 0.25) is 0 Å². The SMILES string of the molecule is N=C(N)SCCCCS(=O)(=O)O. The molecule has 0 aromatic carbocycles. The molecule has 12 heavy (non-hydrogen) atoms. The van der Waals surface area contributed by atoms with Gasteiger partial charge in [0.2, 0.25) is 0 Å². The molecule has 0 aromatic heterocycles. The normalized spacial score (nSPS) is 11.4. The van der Waals surface area contributed by atoms with Crippen molar-refractivity contribution in [1.82, 2.24) is 0 Å². The van der Waals surface area contributed by atoms with Crippen LogP contribution in [-0.4, -0.2) is 29.6 Å². The number of hydrogen-bond donors (Lipinski definition) is 3. The summed E-state index contributed by atoms with van der Waals surface area (Å²) in [5, 5.41) is 6.86. The molecule has 0 spiro atoms. The van der Waals surface area contributed by atoms with E-state index in [4.69, 9.17) is 15.7 Å². The predicted molar refractivity (Wildman–Crippen MR) is 50.0 cm³/mol. The van der Waals surface area contributed by atoms with E-state index in [2.05, 4.69) is 0 Å². The van der Waals surface area contributed by atoms with E-state index < -0.39 is 10.1 Å². The highest BCUT2D eigenvalue weighted by Crippen LogP contribution is 2.03. The summed E-state index contributed by atoms with van der Waals surface area (Å²) in [6.07, 6.45) is 1.03. The summed E-state index contributed by atoms with van der Waals surface area (Å²) in [6.45, 7) is 0. The maximum Gasteiger partial charge on any atom is 0.264 e. The Labute approximate surface area is 76.0 Å². The first kappa shape index (κ1) is 11.7. The number of thioether (sulfide) groups is 1. The number of amidine groups is 1. The van der Waals surface area contributed by atoms with Gasteiger partial charge in [0.15, 0.2) is 5.17 Å². The van der Waals surface area contributed by atoms with Crippen molar-refractivity contribution in [1.29, 1.82) is 5.41 Å². The highest BCUT2D eigenvalue weighted by Gasteiger charge is 2.02. The lowest BCUT2D eigenvalue weighted by molar-refractivity contribution is 0.481. The van der Waals surface area contributed by atoms with Gasteiger partial charge in [0.05, 0.1) is 5.75 Å². The summed E-state index contributed by atoms with van der Waals surface area (Å²) in [7, 11) is -3.82. The van der Waals surface area contributed by atoms with Crippen LogP contribution in [0, 0.1) is 5.41 Å². The second-order valence-corrected chi connectivity index (χ2v) is 4.91. The quantitative estimate of drug-likeness (QED) is 0.263. The van der Waals surface area contributed by atoms with E-state index in [0.717, 1.165) is 0 Å². The van der Waals surface area contributed by atoms with Gasteiger partial charge in [0.25, 0.3) is 10.1 Å². The van der Waals surface area contributed by atoms with Crippen molar-refractivity contribution in [2.45, 2.75) is 12.8 Å². The maximum atomic E-state index is 10.2. The minimum Gasteiger partial charge on any atom is -0.379 e. The van der Waals surface area contributed by atoms with Crippen LogP contribution in [0.25, 0.3) is 0 Å². The largest absolute Gasteiger partial charge is 0.379 e. The van der Waals surface area contributed by atoms with E-state index in [9.17, 15) is 8.42 Å². The smallest absolute Gasteiger partial charge is 0.264 e. The Hall–Kier alpha value is -0.270. The van der Waals surface area contributed by atoms with Gasteiger partial charge in [-0.2, -0.15) is 8.42 Å². The minimum absolute atomic E-state index is 0.0295. The van der Waals surface area contributed by atoms with E-state index in [1.54, 1.807) is 0 Å². The summed E-state index contributed by atoms with van der Waals surface area (Å²) in [5.41, 5.74) is 5.04. The monoisotopic (exact) mass is 212 g/mol. The molecule has 5 nitrogen and oxygen atoms in total. The maximum absolute atomic E-state index is 10.2. The third kappa shape index (κ3) is 9.73. The summed E-state index contributed by atoms with van der Waals surface area (Å²) >= 11 is 1.17. The predicted octanol–water partition coefficient (Wildman–Crippen LogP) is 0.281. The fraction of sp³-hybridized carbons (Fsp3) is 0.800. The summed E-state index contributed by atoms with van der Waals surface area (Å²) in [5.74, 6) is 0.399. The number of nitrogens with two attached hydrogens (primary N) is 1. The van der Waals surface area contributed by atoms with Gasteiger partial charge in [0.1, 0.15) is 0 Å². The van der Waals surface area contributed by atoms with Crippen LogP contribution in [-0.2, 0) is 10.1 Å². The third-order valence-electron chi connectivity index (χ3n) is 1.05. The molecule has 0 bridgehead atoms. The van der Waals surface area contributed by atoms with Crippen molar-refractivity contribution in [3.63, 3.8) is 0 Å². The molecule has 0 aromatic rings. The lowest BCUT2D eigenvalue weighted by atomic mass is 10.4. The van der Waals surface area contributed by atoms with Crippen LogP contribution in [0.15, 0.2) is 0 Å². The number of unbranched alkanes of at least 4 members (excludes halogenated alkanes) is 1. The van der Waals surface area contributed by atoms with Gasteiger partial charge in [-0.05, 0) is 12.8 Å². The van der Waals surface area contributed by atoms with Crippen LogP contribution in [0.5, 0.6) is 0 Å². The second kappa shape index (κ2) is 5.39. The molecule has 0 saturated heterocycles. The van der Waals surface area contributed by atoms with Crippen LogP contribution in [0.4, 0.5) is 0 Å². The molecule has 0 atom stereocenters.